The van der Waals surface area contributed by atoms with Gasteiger partial charge in [0, 0.05) is 22.6 Å². The zero-order valence-corrected chi connectivity index (χ0v) is 19.8. The maximum Gasteiger partial charge on any atom is 0.358 e. The fourth-order valence-electron chi connectivity index (χ4n) is 4.57. The first-order chi connectivity index (χ1) is 15.9. The molecule has 0 aromatic carbocycles. The quantitative estimate of drug-likeness (QED) is 0.236. The summed E-state index contributed by atoms with van der Waals surface area (Å²) in [6.07, 6.45) is -0.482. The SMILES string of the molecule is C[C@@H](O)[C@H]1C(=O)N2C(C(=O)O)=C(S[C@@H]3CN[C@H](C(=O)NCc4noc(S(N)(=O)=O)n4)C3)[C@H](C)[C@H]12. The number of amides is 2. The fourth-order valence-corrected chi connectivity index (χ4v) is 6.42. The lowest BCUT2D eigenvalue weighted by Crippen LogP contribution is -2.63. The molecule has 16 heteroatoms. The van der Waals surface area contributed by atoms with E-state index in [1.54, 1.807) is 0 Å². The molecule has 3 aliphatic heterocycles. The van der Waals surface area contributed by atoms with Crippen molar-refractivity contribution in [3.05, 3.63) is 16.4 Å². The van der Waals surface area contributed by atoms with Crippen molar-refractivity contribution in [3.8, 4) is 0 Å². The average molecular weight is 517 g/mol. The van der Waals surface area contributed by atoms with Crippen LogP contribution in [-0.2, 0) is 31.0 Å². The lowest BCUT2D eigenvalue weighted by molar-refractivity contribution is -0.163. The highest BCUT2D eigenvalue weighted by molar-refractivity contribution is 8.03. The van der Waals surface area contributed by atoms with E-state index in [1.807, 2.05) is 6.92 Å². The lowest BCUT2D eigenvalue weighted by atomic mass is 9.79. The molecule has 6 N–H and O–H groups in total. The van der Waals surface area contributed by atoms with Crippen LogP contribution in [0.3, 0.4) is 0 Å². The van der Waals surface area contributed by atoms with Crippen LogP contribution in [-0.4, -0.2) is 81.4 Å². The molecular formula is C18H24N6O8S2. The van der Waals surface area contributed by atoms with E-state index in [0.29, 0.717) is 17.9 Å². The molecule has 6 atom stereocenters. The van der Waals surface area contributed by atoms with Gasteiger partial charge in [0.25, 0.3) is 10.0 Å². The van der Waals surface area contributed by atoms with Crippen molar-refractivity contribution in [1.29, 1.82) is 0 Å². The van der Waals surface area contributed by atoms with Gasteiger partial charge in [0.1, 0.15) is 5.70 Å². The molecule has 0 unspecified atom stereocenters. The van der Waals surface area contributed by atoms with E-state index < -0.39 is 51.2 Å². The number of carbonyl (C=O) groups excluding carboxylic acids is 2. The number of rotatable bonds is 8. The second kappa shape index (κ2) is 8.92. The Hall–Kier alpha value is -2.53. The first-order valence-corrected chi connectivity index (χ1v) is 12.8. The number of aliphatic hydroxyl groups is 1. The minimum absolute atomic E-state index is 0.0555. The van der Waals surface area contributed by atoms with Crippen LogP contribution in [0.25, 0.3) is 0 Å². The summed E-state index contributed by atoms with van der Waals surface area (Å²) in [5.74, 6) is -2.92. The van der Waals surface area contributed by atoms with Crippen LogP contribution >= 0.6 is 11.8 Å². The summed E-state index contributed by atoms with van der Waals surface area (Å²) < 4.78 is 26.9. The summed E-state index contributed by atoms with van der Waals surface area (Å²) in [4.78, 5) is 42.3. The molecule has 14 nitrogen and oxygen atoms in total. The highest BCUT2D eigenvalue weighted by Crippen LogP contribution is 2.51. The molecule has 4 rings (SSSR count). The van der Waals surface area contributed by atoms with Crippen LogP contribution in [0.4, 0.5) is 0 Å². The molecule has 4 heterocycles. The molecule has 0 spiro atoms. The minimum atomic E-state index is -4.14. The number of sulfonamides is 1. The first kappa shape index (κ1) is 24.6. The van der Waals surface area contributed by atoms with Crippen molar-refractivity contribution in [1.82, 2.24) is 25.7 Å². The number of aliphatic carboxylic acids is 1. The zero-order valence-electron chi connectivity index (χ0n) is 18.2. The van der Waals surface area contributed by atoms with Gasteiger partial charge in [0.2, 0.25) is 11.8 Å². The molecule has 0 radical (unpaired) electrons. The van der Waals surface area contributed by atoms with Gasteiger partial charge in [-0.05, 0) is 13.3 Å². The van der Waals surface area contributed by atoms with Crippen LogP contribution in [0.2, 0.25) is 0 Å². The molecule has 2 saturated heterocycles. The third-order valence-corrected chi connectivity index (χ3v) is 8.29. The Balaban J connectivity index is 1.37. The molecule has 0 bridgehead atoms. The second-order valence-corrected chi connectivity index (χ2v) is 11.2. The number of carbonyl (C=O) groups is 3. The Kier molecular flexibility index (Phi) is 6.45. The molecule has 2 fully saturated rings. The van der Waals surface area contributed by atoms with Crippen LogP contribution in [0.1, 0.15) is 26.1 Å². The third-order valence-electron chi connectivity index (χ3n) is 6.13. The average Bonchev–Trinajstić information content (AvgIpc) is 3.44. The second-order valence-electron chi connectivity index (χ2n) is 8.45. The Bertz CT molecular complexity index is 1160. The number of nitrogens with zero attached hydrogens (tertiary/aromatic N) is 3. The van der Waals surface area contributed by atoms with Crippen molar-refractivity contribution in [2.24, 2.45) is 17.0 Å². The number of fused-ring (bicyclic) bond motifs is 1. The lowest BCUT2D eigenvalue weighted by Gasteiger charge is -2.46. The van der Waals surface area contributed by atoms with Gasteiger partial charge >= 0.3 is 11.2 Å². The number of β-lactam (4-membered cyclic amide) rings is 1. The number of primary sulfonamides is 1. The Morgan fingerprint density at radius 1 is 1.44 bits per heavy atom. The number of hydrogen-bond donors (Lipinski definition) is 5. The monoisotopic (exact) mass is 516 g/mol. The molecule has 34 heavy (non-hydrogen) atoms. The van der Waals surface area contributed by atoms with Crippen molar-refractivity contribution < 1.29 is 37.5 Å². The predicted molar refractivity (Wildman–Crippen MR) is 115 cm³/mol. The zero-order chi connectivity index (χ0) is 24.9. The summed E-state index contributed by atoms with van der Waals surface area (Å²) in [7, 11) is -4.14. The Morgan fingerprint density at radius 2 is 2.15 bits per heavy atom. The minimum Gasteiger partial charge on any atom is -0.477 e. The maximum atomic E-state index is 12.5. The molecule has 1 aromatic rings. The third kappa shape index (κ3) is 4.31. The summed E-state index contributed by atoms with van der Waals surface area (Å²) in [6.45, 7) is 3.62. The van der Waals surface area contributed by atoms with Gasteiger partial charge in [-0.25, -0.2) is 18.4 Å². The number of thioether (sulfide) groups is 1. The molecule has 0 aliphatic carbocycles. The van der Waals surface area contributed by atoms with Crippen molar-refractivity contribution in [2.75, 3.05) is 6.54 Å². The van der Waals surface area contributed by atoms with E-state index in [0.717, 1.165) is 0 Å². The highest BCUT2D eigenvalue weighted by atomic mass is 32.2. The molecule has 186 valence electrons. The van der Waals surface area contributed by atoms with Gasteiger partial charge in [0.15, 0.2) is 5.82 Å². The number of nitrogens with one attached hydrogen (secondary N) is 2. The van der Waals surface area contributed by atoms with Gasteiger partial charge in [-0.2, -0.15) is 4.98 Å². The van der Waals surface area contributed by atoms with E-state index in [9.17, 15) is 33.0 Å². The van der Waals surface area contributed by atoms with Gasteiger partial charge in [-0.15, -0.1) is 11.8 Å². The summed E-state index contributed by atoms with van der Waals surface area (Å²) >= 11 is 1.32. The normalized spacial score (nSPS) is 29.7. The number of carboxylic acid groups (broad SMARTS) is 1. The number of aromatic nitrogens is 2. The van der Waals surface area contributed by atoms with Crippen LogP contribution in [0.15, 0.2) is 20.3 Å². The van der Waals surface area contributed by atoms with E-state index >= 15 is 0 Å². The van der Waals surface area contributed by atoms with E-state index in [1.165, 1.54) is 23.6 Å². The largest absolute Gasteiger partial charge is 0.477 e. The molecule has 3 aliphatic rings. The van der Waals surface area contributed by atoms with Gasteiger partial charge in [0.05, 0.1) is 30.7 Å². The predicted octanol–water partition coefficient (Wildman–Crippen LogP) is -2.05. The van der Waals surface area contributed by atoms with Crippen molar-refractivity contribution in [3.63, 3.8) is 0 Å². The summed E-state index contributed by atoms with van der Waals surface area (Å²) in [6, 6.07) is -0.969. The first-order valence-electron chi connectivity index (χ1n) is 10.4. The molecular weight excluding hydrogens is 492 g/mol. The standard InChI is InChI=1S/C18H24N6O8S2/c1-6-12-11(7(2)25)16(27)24(12)13(17(28)29)14(6)33-8-3-9(20-4-8)15(26)21-5-10-22-18(32-23-10)34(19,30)31/h6-9,11-12,20,25H,3-5H2,1-2H3,(H,21,26)(H,28,29)(H2,19,30,31)/t6-,7-,8+,9+,11-,12-/m1/s1. The molecule has 0 saturated carbocycles. The number of aliphatic hydroxyl groups excluding tert-OH is 1. The topological polar surface area (TPSA) is 218 Å². The Labute approximate surface area is 198 Å². The van der Waals surface area contributed by atoms with Crippen LogP contribution in [0.5, 0.6) is 0 Å². The van der Waals surface area contributed by atoms with Gasteiger partial charge in [-0.1, -0.05) is 12.1 Å². The highest BCUT2D eigenvalue weighted by Gasteiger charge is 2.60. The summed E-state index contributed by atoms with van der Waals surface area (Å²) in [5, 5.41) is 32.8. The number of nitrogens with two attached hydrogens (primary N) is 1. The molecule has 1 aromatic heterocycles. The molecule has 2 amide bonds. The van der Waals surface area contributed by atoms with E-state index in [2.05, 4.69) is 25.3 Å². The summed E-state index contributed by atoms with van der Waals surface area (Å²) in [5.41, 5.74) is -0.0555. The number of hydrogen-bond acceptors (Lipinski definition) is 11. The fraction of sp³-hybridized carbons (Fsp3) is 0.611. The Morgan fingerprint density at radius 3 is 2.74 bits per heavy atom. The maximum absolute atomic E-state index is 12.5. The van der Waals surface area contributed by atoms with Crippen LogP contribution in [0, 0.1) is 11.8 Å². The van der Waals surface area contributed by atoms with Crippen LogP contribution < -0.4 is 15.8 Å². The van der Waals surface area contributed by atoms with Crippen molar-refractivity contribution >= 4 is 39.6 Å². The van der Waals surface area contributed by atoms with Gasteiger partial charge < -0.3 is 30.3 Å². The smallest absolute Gasteiger partial charge is 0.358 e. The van der Waals surface area contributed by atoms with Crippen molar-refractivity contribution in [2.45, 2.75) is 55.5 Å². The van der Waals surface area contributed by atoms with E-state index in [4.69, 9.17) is 5.14 Å². The number of carboxylic acids is 1. The van der Waals surface area contributed by atoms with E-state index in [-0.39, 0.29) is 35.1 Å². The van der Waals surface area contributed by atoms with Gasteiger partial charge in [-0.3, -0.25) is 9.59 Å².